The van der Waals surface area contributed by atoms with Gasteiger partial charge in [-0.15, -0.1) is 0 Å². The Labute approximate surface area is 154 Å². The van der Waals surface area contributed by atoms with Gasteiger partial charge in [-0.05, 0) is 50.4 Å². The summed E-state index contributed by atoms with van der Waals surface area (Å²) in [6.07, 6.45) is 3.04. The van der Waals surface area contributed by atoms with Gasteiger partial charge in [0.05, 0.1) is 18.6 Å². The number of ether oxygens (including phenoxy) is 2. The van der Waals surface area contributed by atoms with Crippen molar-refractivity contribution in [2.75, 3.05) is 0 Å². The van der Waals surface area contributed by atoms with E-state index in [1.165, 1.54) is 0 Å². The van der Waals surface area contributed by atoms with Gasteiger partial charge < -0.3 is 9.47 Å². The van der Waals surface area contributed by atoms with E-state index in [4.69, 9.17) is 9.47 Å². The Balaban J connectivity index is 4.21. The maximum absolute atomic E-state index is 12.0. The lowest BCUT2D eigenvalue weighted by Gasteiger charge is -2.22. The Kier molecular flexibility index (Phi) is 9.45. The van der Waals surface area contributed by atoms with Crippen molar-refractivity contribution in [3.8, 4) is 0 Å². The van der Waals surface area contributed by atoms with Gasteiger partial charge in [-0.2, -0.15) is 0 Å². The van der Waals surface area contributed by atoms with Crippen LogP contribution in [0.5, 0.6) is 0 Å². The first-order valence-corrected chi connectivity index (χ1v) is 9.28. The molecule has 0 N–H and O–H groups in total. The molecule has 0 aromatic carbocycles. The molecule has 0 saturated heterocycles. The maximum Gasteiger partial charge on any atom is 0.334 e. The zero-order chi connectivity index (χ0) is 19.8. The first-order valence-electron chi connectivity index (χ1n) is 9.28. The molecule has 0 amide bonds. The molecule has 0 aliphatic carbocycles. The van der Waals surface area contributed by atoms with Crippen molar-refractivity contribution < 1.29 is 19.1 Å². The van der Waals surface area contributed by atoms with E-state index < -0.39 is 11.9 Å². The van der Waals surface area contributed by atoms with Crippen molar-refractivity contribution in [2.24, 2.45) is 10.8 Å². The lowest BCUT2D eigenvalue weighted by molar-refractivity contribution is -0.151. The van der Waals surface area contributed by atoms with E-state index in [0.29, 0.717) is 0 Å². The lowest BCUT2D eigenvalue weighted by atomic mass is 9.89. The van der Waals surface area contributed by atoms with Crippen molar-refractivity contribution in [2.45, 2.75) is 99.7 Å². The molecule has 146 valence electrons. The molecule has 0 aromatic heterocycles. The number of carbonyl (C=O) groups is 2. The van der Waals surface area contributed by atoms with Gasteiger partial charge in [0.2, 0.25) is 0 Å². The van der Waals surface area contributed by atoms with E-state index in [1.807, 2.05) is 13.8 Å². The molecule has 0 rings (SSSR count). The normalized spacial score (nSPS) is 14.6. The van der Waals surface area contributed by atoms with Crippen molar-refractivity contribution in [3.63, 3.8) is 0 Å². The number of hydrogen-bond donors (Lipinski definition) is 0. The van der Waals surface area contributed by atoms with Gasteiger partial charge in [-0.3, -0.25) is 4.79 Å². The van der Waals surface area contributed by atoms with Crippen LogP contribution < -0.4 is 0 Å². The van der Waals surface area contributed by atoms with Gasteiger partial charge in [0.1, 0.15) is 0 Å². The zero-order valence-electron chi connectivity index (χ0n) is 17.5. The highest BCUT2D eigenvalue weighted by atomic mass is 16.5. The smallest absolute Gasteiger partial charge is 0.334 e. The van der Waals surface area contributed by atoms with Crippen LogP contribution in [0.1, 0.15) is 87.5 Å². The van der Waals surface area contributed by atoms with Gasteiger partial charge in [0, 0.05) is 5.57 Å². The van der Waals surface area contributed by atoms with Crippen LogP contribution in [-0.2, 0) is 19.1 Å². The van der Waals surface area contributed by atoms with Gasteiger partial charge in [-0.1, -0.05) is 48.1 Å². The summed E-state index contributed by atoms with van der Waals surface area (Å²) in [5.74, 6) is -0.939. The number of carbonyl (C=O) groups excluding carboxylic acids is 2. The van der Waals surface area contributed by atoms with Crippen LogP contribution in [0.3, 0.4) is 0 Å². The van der Waals surface area contributed by atoms with Crippen LogP contribution >= 0.6 is 0 Å². The average Bonchev–Trinajstić information content (AvgIpc) is 2.41. The summed E-state index contributed by atoms with van der Waals surface area (Å²) in [4.78, 5) is 24.0. The summed E-state index contributed by atoms with van der Waals surface area (Å²) < 4.78 is 10.7. The molecular formula is C21H38O4. The average molecular weight is 355 g/mol. The summed E-state index contributed by atoms with van der Waals surface area (Å²) in [6, 6.07) is 0. The molecule has 0 bridgehead atoms. The summed E-state index contributed by atoms with van der Waals surface area (Å²) in [7, 11) is 0. The molecule has 0 heterocycles. The van der Waals surface area contributed by atoms with E-state index in [-0.39, 0.29) is 35.0 Å². The Bertz CT molecular complexity index is 451. The van der Waals surface area contributed by atoms with Crippen LogP contribution in [0.15, 0.2) is 12.2 Å². The highest BCUT2D eigenvalue weighted by Gasteiger charge is 2.20. The Morgan fingerprint density at radius 2 is 1.24 bits per heavy atom. The van der Waals surface area contributed by atoms with Crippen LogP contribution in [0.4, 0.5) is 0 Å². The number of rotatable bonds is 9. The molecule has 4 heteroatoms. The van der Waals surface area contributed by atoms with Crippen molar-refractivity contribution >= 4 is 11.9 Å². The number of esters is 2. The van der Waals surface area contributed by atoms with Gasteiger partial charge >= 0.3 is 11.9 Å². The highest BCUT2D eigenvalue weighted by molar-refractivity contribution is 5.93. The molecule has 0 aromatic rings. The second-order valence-electron chi connectivity index (χ2n) is 9.50. The standard InChI is InChI=1S/C21H38O4/c1-15(19(23)25-17(3)11-13-21(7,8)9)14-18(22)24-16(2)10-12-20(4,5)6/h16-17H,1,10-14H2,2-9H3. The van der Waals surface area contributed by atoms with E-state index in [9.17, 15) is 9.59 Å². The lowest BCUT2D eigenvalue weighted by Crippen LogP contribution is -2.22. The van der Waals surface area contributed by atoms with Gasteiger partial charge in [0.25, 0.3) is 0 Å². The van der Waals surface area contributed by atoms with E-state index in [0.717, 1.165) is 25.7 Å². The van der Waals surface area contributed by atoms with Gasteiger partial charge in [-0.25, -0.2) is 4.79 Å². The molecule has 2 unspecified atom stereocenters. The predicted octanol–water partition coefficient (Wildman–Crippen LogP) is 5.45. The fourth-order valence-electron chi connectivity index (χ4n) is 2.17. The maximum atomic E-state index is 12.0. The van der Waals surface area contributed by atoms with E-state index in [1.54, 1.807) is 0 Å². The molecule has 0 spiro atoms. The summed E-state index contributed by atoms with van der Waals surface area (Å²) >= 11 is 0. The topological polar surface area (TPSA) is 52.6 Å². The molecule has 4 nitrogen and oxygen atoms in total. The SMILES string of the molecule is C=C(CC(=O)OC(C)CCC(C)(C)C)C(=O)OC(C)CCC(C)(C)C. The minimum Gasteiger partial charge on any atom is -0.462 e. The van der Waals surface area contributed by atoms with Gasteiger partial charge in [0.15, 0.2) is 0 Å². The fourth-order valence-corrected chi connectivity index (χ4v) is 2.17. The Hall–Kier alpha value is -1.32. The third-order valence-corrected chi connectivity index (χ3v) is 3.89. The fraction of sp³-hybridized carbons (Fsp3) is 0.810. The Morgan fingerprint density at radius 3 is 1.64 bits per heavy atom. The highest BCUT2D eigenvalue weighted by Crippen LogP contribution is 2.23. The van der Waals surface area contributed by atoms with Crippen LogP contribution in [0, 0.1) is 10.8 Å². The molecule has 0 aliphatic heterocycles. The quantitative estimate of drug-likeness (QED) is 0.408. The second kappa shape index (κ2) is 9.98. The minimum atomic E-state index is -0.513. The van der Waals surface area contributed by atoms with Crippen molar-refractivity contribution in [1.82, 2.24) is 0 Å². The monoisotopic (exact) mass is 354 g/mol. The minimum absolute atomic E-state index is 0.120. The Morgan fingerprint density at radius 1 is 0.840 bits per heavy atom. The van der Waals surface area contributed by atoms with E-state index >= 15 is 0 Å². The second-order valence-corrected chi connectivity index (χ2v) is 9.50. The zero-order valence-corrected chi connectivity index (χ0v) is 17.5. The van der Waals surface area contributed by atoms with E-state index in [2.05, 4.69) is 48.1 Å². The predicted molar refractivity (Wildman–Crippen MR) is 102 cm³/mol. The largest absolute Gasteiger partial charge is 0.462 e. The van der Waals surface area contributed by atoms with Crippen LogP contribution in [0.25, 0.3) is 0 Å². The molecule has 0 fully saturated rings. The summed E-state index contributed by atoms with van der Waals surface area (Å²) in [6.45, 7) is 20.3. The molecule has 0 aliphatic rings. The molecular weight excluding hydrogens is 316 g/mol. The van der Waals surface area contributed by atoms with Crippen LogP contribution in [0.2, 0.25) is 0 Å². The molecule has 0 radical (unpaired) electrons. The third kappa shape index (κ3) is 13.6. The number of hydrogen-bond acceptors (Lipinski definition) is 4. The van der Waals surface area contributed by atoms with Crippen molar-refractivity contribution in [1.29, 1.82) is 0 Å². The molecule has 2 atom stereocenters. The summed E-state index contributed by atoms with van der Waals surface area (Å²) in [5, 5.41) is 0. The molecule has 25 heavy (non-hydrogen) atoms. The van der Waals surface area contributed by atoms with Crippen molar-refractivity contribution in [3.05, 3.63) is 12.2 Å². The molecule has 0 saturated carbocycles. The third-order valence-electron chi connectivity index (χ3n) is 3.89. The summed E-state index contributed by atoms with van der Waals surface area (Å²) in [5.41, 5.74) is 0.553. The first kappa shape index (κ1) is 23.7. The first-order chi connectivity index (χ1) is 11.2. The van der Waals surface area contributed by atoms with Crippen LogP contribution in [-0.4, -0.2) is 24.1 Å².